The van der Waals surface area contributed by atoms with Gasteiger partial charge >= 0.3 is 0 Å². The van der Waals surface area contributed by atoms with E-state index < -0.39 is 0 Å². The molecule has 1 heterocycles. The maximum atomic E-state index is 12.1. The standard InChI is InChI=1S/C18H29N3O.ClH/c1-14(2)16-4-6-17(7-5-16)20-18(22)13-21-10-8-15(9-11-21)12-19-3;/h4-7,14-15,19H,8-13H2,1-3H3,(H,20,22);1H. The van der Waals surface area contributed by atoms with E-state index in [4.69, 9.17) is 0 Å². The molecule has 1 saturated heterocycles. The first-order valence-electron chi connectivity index (χ1n) is 8.35. The summed E-state index contributed by atoms with van der Waals surface area (Å²) in [6.07, 6.45) is 2.36. The number of anilines is 1. The SMILES string of the molecule is CNCC1CCN(CC(=O)Nc2ccc(C(C)C)cc2)CC1.Cl. The van der Waals surface area contributed by atoms with Gasteiger partial charge in [-0.15, -0.1) is 12.4 Å². The Morgan fingerprint density at radius 3 is 2.35 bits per heavy atom. The van der Waals surface area contributed by atoms with Crippen LogP contribution in [0.4, 0.5) is 5.69 Å². The third kappa shape index (κ3) is 6.50. The highest BCUT2D eigenvalue weighted by Crippen LogP contribution is 2.18. The number of nitrogens with zero attached hydrogens (tertiary/aromatic N) is 1. The van der Waals surface area contributed by atoms with Crippen LogP contribution in [0.25, 0.3) is 0 Å². The Balaban J connectivity index is 0.00000264. The lowest BCUT2D eigenvalue weighted by Gasteiger charge is -2.31. The van der Waals surface area contributed by atoms with Crippen molar-refractivity contribution in [2.75, 3.05) is 38.5 Å². The first-order valence-corrected chi connectivity index (χ1v) is 8.35. The molecule has 0 bridgehead atoms. The maximum Gasteiger partial charge on any atom is 0.238 e. The average molecular weight is 340 g/mol. The first kappa shape index (κ1) is 19.9. The molecule has 2 N–H and O–H groups in total. The van der Waals surface area contributed by atoms with E-state index in [1.165, 1.54) is 18.4 Å². The summed E-state index contributed by atoms with van der Waals surface area (Å²) >= 11 is 0. The lowest BCUT2D eigenvalue weighted by atomic mass is 9.97. The highest BCUT2D eigenvalue weighted by Gasteiger charge is 2.20. The summed E-state index contributed by atoms with van der Waals surface area (Å²) in [6.45, 7) is 7.97. The van der Waals surface area contributed by atoms with Crippen LogP contribution >= 0.6 is 12.4 Å². The maximum absolute atomic E-state index is 12.1. The molecule has 0 aromatic heterocycles. The van der Waals surface area contributed by atoms with E-state index in [0.29, 0.717) is 12.5 Å². The molecule has 23 heavy (non-hydrogen) atoms. The summed E-state index contributed by atoms with van der Waals surface area (Å²) in [6, 6.07) is 8.16. The zero-order valence-corrected chi connectivity index (χ0v) is 15.3. The Bertz CT molecular complexity index is 468. The third-order valence-corrected chi connectivity index (χ3v) is 4.43. The van der Waals surface area contributed by atoms with Gasteiger partial charge in [-0.2, -0.15) is 0 Å². The highest BCUT2D eigenvalue weighted by molar-refractivity contribution is 5.92. The molecule has 0 spiro atoms. The van der Waals surface area contributed by atoms with Gasteiger partial charge in [0.05, 0.1) is 6.54 Å². The first-order chi connectivity index (χ1) is 10.6. The monoisotopic (exact) mass is 339 g/mol. The van der Waals surface area contributed by atoms with Gasteiger partial charge in [0.15, 0.2) is 0 Å². The van der Waals surface area contributed by atoms with E-state index in [1.807, 2.05) is 19.2 Å². The van der Waals surface area contributed by atoms with Gasteiger partial charge in [0.1, 0.15) is 0 Å². The lowest BCUT2D eigenvalue weighted by molar-refractivity contribution is -0.117. The Kier molecular flexibility index (Phi) is 8.59. The van der Waals surface area contributed by atoms with Crippen LogP contribution in [0, 0.1) is 5.92 Å². The van der Waals surface area contributed by atoms with Gasteiger partial charge in [-0.25, -0.2) is 0 Å². The number of carbonyl (C=O) groups is 1. The fourth-order valence-corrected chi connectivity index (χ4v) is 2.99. The molecule has 1 amide bonds. The third-order valence-electron chi connectivity index (χ3n) is 4.43. The van der Waals surface area contributed by atoms with E-state index in [1.54, 1.807) is 0 Å². The minimum atomic E-state index is 0. The molecule has 2 rings (SSSR count). The number of benzene rings is 1. The number of amides is 1. The number of nitrogens with one attached hydrogen (secondary N) is 2. The molecule has 0 saturated carbocycles. The normalized spacial score (nSPS) is 16.2. The molecule has 1 aromatic rings. The largest absolute Gasteiger partial charge is 0.325 e. The van der Waals surface area contributed by atoms with Gasteiger partial charge < -0.3 is 10.6 Å². The van der Waals surface area contributed by atoms with Crippen molar-refractivity contribution in [2.24, 2.45) is 5.92 Å². The number of carbonyl (C=O) groups excluding carboxylic acids is 1. The van der Waals surface area contributed by atoms with Crippen molar-refractivity contribution in [3.05, 3.63) is 29.8 Å². The number of piperidine rings is 1. The smallest absolute Gasteiger partial charge is 0.238 e. The molecule has 0 unspecified atom stereocenters. The van der Waals surface area contributed by atoms with Crippen LogP contribution in [0.5, 0.6) is 0 Å². The van der Waals surface area contributed by atoms with Crippen LogP contribution in [0.2, 0.25) is 0 Å². The molecule has 130 valence electrons. The summed E-state index contributed by atoms with van der Waals surface area (Å²) in [4.78, 5) is 14.4. The number of hydrogen-bond acceptors (Lipinski definition) is 3. The molecule has 1 aliphatic heterocycles. The molecule has 0 atom stereocenters. The summed E-state index contributed by atoms with van der Waals surface area (Å²) in [5.74, 6) is 1.36. The van der Waals surface area contributed by atoms with Gasteiger partial charge in [0.2, 0.25) is 5.91 Å². The van der Waals surface area contributed by atoms with Crippen LogP contribution in [-0.2, 0) is 4.79 Å². The Hall–Kier alpha value is -1.10. The van der Waals surface area contributed by atoms with Crippen LogP contribution in [0.15, 0.2) is 24.3 Å². The minimum absolute atomic E-state index is 0. The molecule has 1 aromatic carbocycles. The average Bonchev–Trinajstić information content (AvgIpc) is 2.50. The zero-order chi connectivity index (χ0) is 15.9. The Morgan fingerprint density at radius 2 is 1.83 bits per heavy atom. The number of likely N-dealkylation sites (tertiary alicyclic amines) is 1. The second-order valence-electron chi connectivity index (χ2n) is 6.60. The highest BCUT2D eigenvalue weighted by atomic mass is 35.5. The van der Waals surface area contributed by atoms with Crippen molar-refractivity contribution in [1.29, 1.82) is 0 Å². The van der Waals surface area contributed by atoms with E-state index in [-0.39, 0.29) is 18.3 Å². The summed E-state index contributed by atoms with van der Waals surface area (Å²) < 4.78 is 0. The van der Waals surface area contributed by atoms with Crippen LogP contribution < -0.4 is 10.6 Å². The molecule has 1 fully saturated rings. The van der Waals surface area contributed by atoms with Gasteiger partial charge in [-0.1, -0.05) is 26.0 Å². The van der Waals surface area contributed by atoms with Crippen LogP contribution in [0.1, 0.15) is 38.2 Å². The van der Waals surface area contributed by atoms with E-state index >= 15 is 0 Å². The Morgan fingerprint density at radius 1 is 1.22 bits per heavy atom. The van der Waals surface area contributed by atoms with Crippen molar-refractivity contribution in [2.45, 2.75) is 32.6 Å². The predicted octanol–water partition coefficient (Wildman–Crippen LogP) is 3.10. The molecular formula is C18H30ClN3O. The zero-order valence-electron chi connectivity index (χ0n) is 14.5. The number of halogens is 1. The second kappa shape index (κ2) is 9.91. The van der Waals surface area contributed by atoms with E-state index in [9.17, 15) is 4.79 Å². The van der Waals surface area contributed by atoms with Crippen LogP contribution in [-0.4, -0.2) is 44.0 Å². The van der Waals surface area contributed by atoms with E-state index in [2.05, 4.69) is 41.5 Å². The van der Waals surface area contributed by atoms with Crippen LogP contribution in [0.3, 0.4) is 0 Å². The fraction of sp³-hybridized carbons (Fsp3) is 0.611. The molecule has 5 heteroatoms. The topological polar surface area (TPSA) is 44.4 Å². The summed E-state index contributed by atoms with van der Waals surface area (Å²) in [5, 5.41) is 6.24. The van der Waals surface area contributed by atoms with Crippen molar-refractivity contribution in [1.82, 2.24) is 10.2 Å². The molecular weight excluding hydrogens is 310 g/mol. The predicted molar refractivity (Wildman–Crippen MR) is 99.5 cm³/mol. The number of rotatable bonds is 6. The lowest BCUT2D eigenvalue weighted by Crippen LogP contribution is -2.40. The van der Waals surface area contributed by atoms with Crippen molar-refractivity contribution >= 4 is 24.0 Å². The quantitative estimate of drug-likeness (QED) is 0.837. The molecule has 4 nitrogen and oxygen atoms in total. The molecule has 0 radical (unpaired) electrons. The summed E-state index contributed by atoms with van der Waals surface area (Å²) in [7, 11) is 2.00. The van der Waals surface area contributed by atoms with Crippen molar-refractivity contribution in [3.63, 3.8) is 0 Å². The van der Waals surface area contributed by atoms with Gasteiger partial charge in [-0.3, -0.25) is 9.69 Å². The van der Waals surface area contributed by atoms with Crippen molar-refractivity contribution < 1.29 is 4.79 Å². The van der Waals surface area contributed by atoms with Gasteiger partial charge in [0, 0.05) is 5.69 Å². The molecule has 0 aliphatic carbocycles. The fourth-order valence-electron chi connectivity index (χ4n) is 2.99. The van der Waals surface area contributed by atoms with E-state index in [0.717, 1.165) is 31.2 Å². The van der Waals surface area contributed by atoms with Gasteiger partial charge in [-0.05, 0) is 69.1 Å². The number of hydrogen-bond donors (Lipinski definition) is 2. The molecule has 1 aliphatic rings. The van der Waals surface area contributed by atoms with Crippen molar-refractivity contribution in [3.8, 4) is 0 Å². The van der Waals surface area contributed by atoms with Gasteiger partial charge in [0.25, 0.3) is 0 Å². The second-order valence-corrected chi connectivity index (χ2v) is 6.60. The minimum Gasteiger partial charge on any atom is -0.325 e. The Labute approximate surface area is 146 Å². The summed E-state index contributed by atoms with van der Waals surface area (Å²) in [5.41, 5.74) is 2.18.